The minimum absolute atomic E-state index is 0.168. The van der Waals surface area contributed by atoms with Crippen LogP contribution in [0.1, 0.15) is 62.4 Å². The summed E-state index contributed by atoms with van der Waals surface area (Å²) in [5, 5.41) is 8.04. The Labute approximate surface area is 215 Å². The van der Waals surface area contributed by atoms with Crippen LogP contribution in [-0.4, -0.2) is 51.2 Å². The summed E-state index contributed by atoms with van der Waals surface area (Å²) in [4.78, 5) is 32.9. The Hall–Kier alpha value is -3.66. The molecular weight excluding hydrogens is 472 g/mol. The van der Waals surface area contributed by atoms with Gasteiger partial charge in [0, 0.05) is 31.3 Å². The van der Waals surface area contributed by atoms with Crippen molar-refractivity contribution in [2.45, 2.75) is 57.7 Å². The van der Waals surface area contributed by atoms with Crippen molar-refractivity contribution >= 4 is 34.2 Å². The molecule has 2 aromatic heterocycles. The topological polar surface area (TPSA) is 125 Å². The Morgan fingerprint density at radius 3 is 2.89 bits per heavy atom. The van der Waals surface area contributed by atoms with Gasteiger partial charge < -0.3 is 25.4 Å². The first-order valence-corrected chi connectivity index (χ1v) is 13.1. The number of aromatic nitrogens is 3. The van der Waals surface area contributed by atoms with Crippen molar-refractivity contribution in [3.63, 3.8) is 0 Å². The molecule has 37 heavy (non-hydrogen) atoms. The SMILES string of the molecule is C[C@H]1CC[C@H](c2cccc3c2CCO3)N(C(=O)C(=O)Nc2cnc(N)c3cn(C4CCCCO4)nc23)C1. The summed E-state index contributed by atoms with van der Waals surface area (Å²) in [6, 6.07) is 5.81. The number of carbonyl (C=O) groups excluding carboxylic acids is 2. The number of carbonyl (C=O) groups is 2. The minimum atomic E-state index is -0.709. The lowest BCUT2D eigenvalue weighted by Crippen LogP contribution is -2.46. The molecule has 3 N–H and O–H groups in total. The quantitative estimate of drug-likeness (QED) is 0.522. The highest BCUT2D eigenvalue weighted by Gasteiger charge is 2.36. The molecule has 194 valence electrons. The number of anilines is 2. The van der Waals surface area contributed by atoms with Crippen LogP contribution in [0, 0.1) is 5.92 Å². The van der Waals surface area contributed by atoms with E-state index in [4.69, 9.17) is 15.2 Å². The third-order valence-electron chi connectivity index (χ3n) is 7.71. The van der Waals surface area contributed by atoms with Gasteiger partial charge in [-0.2, -0.15) is 5.10 Å². The van der Waals surface area contributed by atoms with E-state index < -0.39 is 11.8 Å². The van der Waals surface area contributed by atoms with Gasteiger partial charge >= 0.3 is 11.8 Å². The van der Waals surface area contributed by atoms with E-state index in [1.54, 1.807) is 15.8 Å². The Balaban J connectivity index is 1.27. The summed E-state index contributed by atoms with van der Waals surface area (Å²) in [6.07, 6.45) is 8.61. The highest BCUT2D eigenvalue weighted by Crippen LogP contribution is 2.39. The maximum atomic E-state index is 13.6. The summed E-state index contributed by atoms with van der Waals surface area (Å²) >= 11 is 0. The molecule has 2 saturated heterocycles. The monoisotopic (exact) mass is 504 g/mol. The van der Waals surface area contributed by atoms with E-state index >= 15 is 0 Å². The van der Waals surface area contributed by atoms with E-state index in [1.807, 2.05) is 12.1 Å². The average Bonchev–Trinajstić information content (AvgIpc) is 3.59. The van der Waals surface area contributed by atoms with E-state index in [2.05, 4.69) is 28.4 Å². The molecule has 2 amide bonds. The number of nitrogens with one attached hydrogen (secondary N) is 1. The van der Waals surface area contributed by atoms with Gasteiger partial charge in [-0.1, -0.05) is 19.1 Å². The van der Waals surface area contributed by atoms with Crippen molar-refractivity contribution in [3.8, 4) is 5.75 Å². The molecule has 3 atom stereocenters. The second-order valence-corrected chi connectivity index (χ2v) is 10.3. The maximum Gasteiger partial charge on any atom is 0.314 e. The number of amides is 2. The van der Waals surface area contributed by atoms with Gasteiger partial charge in [0.25, 0.3) is 0 Å². The number of ether oxygens (including phenoxy) is 2. The number of pyridine rings is 1. The molecule has 3 aliphatic heterocycles. The molecular formula is C27H32N6O4. The molecule has 1 unspecified atom stereocenters. The fourth-order valence-corrected chi connectivity index (χ4v) is 5.78. The number of hydrogen-bond donors (Lipinski definition) is 2. The molecule has 0 radical (unpaired) electrons. The van der Waals surface area contributed by atoms with Crippen molar-refractivity contribution in [2.24, 2.45) is 5.92 Å². The van der Waals surface area contributed by atoms with E-state index in [1.165, 1.54) is 6.20 Å². The molecule has 0 saturated carbocycles. The number of rotatable bonds is 3. The van der Waals surface area contributed by atoms with Crippen LogP contribution < -0.4 is 15.8 Å². The van der Waals surface area contributed by atoms with Gasteiger partial charge in [0.2, 0.25) is 0 Å². The highest BCUT2D eigenvalue weighted by molar-refractivity contribution is 6.40. The average molecular weight is 505 g/mol. The normalized spacial score (nSPS) is 23.5. The zero-order valence-electron chi connectivity index (χ0n) is 21.0. The van der Waals surface area contributed by atoms with Gasteiger partial charge in [-0.25, -0.2) is 9.67 Å². The molecule has 5 heterocycles. The summed E-state index contributed by atoms with van der Waals surface area (Å²) < 4.78 is 13.3. The fourth-order valence-electron chi connectivity index (χ4n) is 5.78. The lowest BCUT2D eigenvalue weighted by atomic mass is 9.87. The molecule has 10 nitrogen and oxygen atoms in total. The van der Waals surface area contributed by atoms with Crippen molar-refractivity contribution in [2.75, 3.05) is 30.8 Å². The van der Waals surface area contributed by atoms with E-state index in [0.29, 0.717) is 48.1 Å². The van der Waals surface area contributed by atoms with Crippen molar-refractivity contribution < 1.29 is 19.1 Å². The van der Waals surface area contributed by atoms with Gasteiger partial charge in [0.15, 0.2) is 0 Å². The van der Waals surface area contributed by atoms with Crippen LogP contribution in [0.4, 0.5) is 11.5 Å². The van der Waals surface area contributed by atoms with Crippen LogP contribution in [-0.2, 0) is 20.7 Å². The molecule has 0 spiro atoms. The largest absolute Gasteiger partial charge is 0.493 e. The van der Waals surface area contributed by atoms with Crippen LogP contribution in [0.5, 0.6) is 5.75 Å². The predicted molar refractivity (Wildman–Crippen MR) is 138 cm³/mol. The van der Waals surface area contributed by atoms with Crippen LogP contribution >= 0.6 is 0 Å². The van der Waals surface area contributed by atoms with Crippen LogP contribution in [0.3, 0.4) is 0 Å². The van der Waals surface area contributed by atoms with Crippen molar-refractivity contribution in [1.82, 2.24) is 19.7 Å². The number of hydrogen-bond acceptors (Lipinski definition) is 7. The Bertz CT molecular complexity index is 1350. The molecule has 0 bridgehead atoms. The van der Waals surface area contributed by atoms with E-state index in [0.717, 1.165) is 55.4 Å². The standard InChI is InChI=1S/C27H32N6O4/c1-16-8-9-21(17-5-4-6-22-18(17)10-12-36-22)32(14-16)27(35)26(34)30-20-13-29-25(28)19-15-33(31-24(19)20)23-7-2-3-11-37-23/h4-6,13,15-16,21,23H,2-3,7-12,14H2,1H3,(H2,28,29)(H,30,34)/t16-,21+,23?/m0/s1. The third kappa shape index (κ3) is 4.39. The van der Waals surface area contributed by atoms with Gasteiger partial charge in [-0.05, 0) is 49.7 Å². The first-order valence-electron chi connectivity index (χ1n) is 13.1. The van der Waals surface area contributed by atoms with Crippen LogP contribution in [0.2, 0.25) is 0 Å². The van der Waals surface area contributed by atoms with Gasteiger partial charge in [0.05, 0.1) is 29.9 Å². The molecule has 6 rings (SSSR count). The fraction of sp³-hybridized carbons (Fsp3) is 0.481. The summed E-state index contributed by atoms with van der Waals surface area (Å²) in [7, 11) is 0. The lowest BCUT2D eigenvalue weighted by Gasteiger charge is -2.39. The molecule has 3 aliphatic rings. The van der Waals surface area contributed by atoms with Crippen LogP contribution in [0.25, 0.3) is 10.9 Å². The van der Waals surface area contributed by atoms with Gasteiger partial charge in [0.1, 0.15) is 23.3 Å². The molecule has 10 heteroatoms. The smallest absolute Gasteiger partial charge is 0.314 e. The Kier molecular flexibility index (Phi) is 6.19. The highest BCUT2D eigenvalue weighted by atomic mass is 16.5. The maximum absolute atomic E-state index is 13.6. The number of nitrogen functional groups attached to an aromatic ring is 1. The zero-order valence-corrected chi connectivity index (χ0v) is 21.0. The summed E-state index contributed by atoms with van der Waals surface area (Å²) in [5.74, 6) is 0.219. The third-order valence-corrected chi connectivity index (χ3v) is 7.71. The number of fused-ring (bicyclic) bond motifs is 2. The second kappa shape index (κ2) is 9.66. The molecule has 1 aromatic carbocycles. The van der Waals surface area contributed by atoms with Crippen molar-refractivity contribution in [3.05, 3.63) is 41.7 Å². The summed E-state index contributed by atoms with van der Waals surface area (Å²) in [6.45, 7) is 3.95. The van der Waals surface area contributed by atoms with Gasteiger partial charge in [-0.3, -0.25) is 9.59 Å². The number of nitrogens with two attached hydrogens (primary N) is 1. The van der Waals surface area contributed by atoms with E-state index in [9.17, 15) is 9.59 Å². The summed E-state index contributed by atoms with van der Waals surface area (Å²) in [5.41, 5.74) is 9.17. The zero-order chi connectivity index (χ0) is 25.5. The predicted octanol–water partition coefficient (Wildman–Crippen LogP) is 3.59. The number of likely N-dealkylation sites (tertiary alicyclic amines) is 1. The molecule has 0 aliphatic carbocycles. The van der Waals surface area contributed by atoms with Crippen LogP contribution in [0.15, 0.2) is 30.6 Å². The number of nitrogens with zero attached hydrogens (tertiary/aromatic N) is 4. The number of benzene rings is 1. The van der Waals surface area contributed by atoms with Crippen molar-refractivity contribution in [1.29, 1.82) is 0 Å². The lowest BCUT2D eigenvalue weighted by molar-refractivity contribution is -0.146. The second-order valence-electron chi connectivity index (χ2n) is 10.3. The van der Waals surface area contributed by atoms with Gasteiger partial charge in [-0.15, -0.1) is 0 Å². The first-order chi connectivity index (χ1) is 18.0. The minimum Gasteiger partial charge on any atom is -0.493 e. The van der Waals surface area contributed by atoms with E-state index in [-0.39, 0.29) is 12.3 Å². The molecule has 3 aromatic rings. The molecule has 2 fully saturated rings. The number of piperidine rings is 1. The first kappa shape index (κ1) is 23.7. The Morgan fingerprint density at radius 1 is 1.16 bits per heavy atom. The Morgan fingerprint density at radius 2 is 2.05 bits per heavy atom.